The molecule has 0 saturated carbocycles. The normalized spacial score (nSPS) is 12.1. The van der Waals surface area contributed by atoms with Crippen LogP contribution in [0.5, 0.6) is 0 Å². The second-order valence-corrected chi connectivity index (χ2v) is 5.38. The molecule has 1 heterocycles. The van der Waals surface area contributed by atoms with Gasteiger partial charge in [-0.05, 0) is 6.07 Å². The van der Waals surface area contributed by atoms with Crippen LogP contribution in [0, 0.1) is 0 Å². The third-order valence-electron chi connectivity index (χ3n) is 1.47. The van der Waals surface area contributed by atoms with Crippen molar-refractivity contribution in [2.75, 3.05) is 0 Å². The van der Waals surface area contributed by atoms with E-state index in [2.05, 4.69) is 0 Å². The highest BCUT2D eigenvalue weighted by Crippen LogP contribution is 2.26. The van der Waals surface area contributed by atoms with Crippen molar-refractivity contribution in [1.82, 2.24) is 4.98 Å². The van der Waals surface area contributed by atoms with Crippen molar-refractivity contribution in [2.45, 2.75) is 11.5 Å². The number of nitrogens with one attached hydrogen (secondary N) is 1. The molecule has 0 aromatic carbocycles. The summed E-state index contributed by atoms with van der Waals surface area (Å²) in [7, 11) is 0.600. The van der Waals surface area contributed by atoms with Gasteiger partial charge in [-0.25, -0.2) is 17.2 Å². The molecule has 1 rings (SSSR count). The lowest BCUT2D eigenvalue weighted by Gasteiger charge is -2.03. The predicted molar refractivity (Wildman–Crippen MR) is 50.1 cm³/mol. The van der Waals surface area contributed by atoms with Crippen LogP contribution in [0.2, 0.25) is 5.02 Å². The molecular formula is C6H3Cl2F2NO3S. The van der Waals surface area contributed by atoms with Gasteiger partial charge >= 0.3 is 0 Å². The molecule has 1 N–H and O–H groups in total. The fraction of sp³-hybridized carbons (Fsp3) is 0.167. The van der Waals surface area contributed by atoms with Gasteiger partial charge in [-0.2, -0.15) is 0 Å². The second-order valence-electron chi connectivity index (χ2n) is 2.47. The molecule has 0 aliphatic heterocycles. The highest BCUT2D eigenvalue weighted by Gasteiger charge is 2.20. The average Bonchev–Trinajstić information content (AvgIpc) is 2.06. The molecule has 0 atom stereocenters. The highest BCUT2D eigenvalue weighted by atomic mass is 35.7. The molecule has 4 nitrogen and oxygen atoms in total. The van der Waals surface area contributed by atoms with E-state index in [4.69, 9.17) is 22.3 Å². The summed E-state index contributed by atoms with van der Waals surface area (Å²) in [4.78, 5) is 12.7. The van der Waals surface area contributed by atoms with Gasteiger partial charge in [0.05, 0.1) is 0 Å². The Morgan fingerprint density at radius 2 is 1.93 bits per heavy atom. The summed E-state index contributed by atoms with van der Waals surface area (Å²) in [6.45, 7) is 0. The summed E-state index contributed by atoms with van der Waals surface area (Å²) in [5, 5.41) is -1.57. The molecule has 84 valence electrons. The second kappa shape index (κ2) is 4.07. The molecular weight excluding hydrogens is 275 g/mol. The number of pyridine rings is 1. The molecule has 1 aromatic heterocycles. The Bertz CT molecular complexity index is 540. The summed E-state index contributed by atoms with van der Waals surface area (Å²) >= 11 is 5.25. The van der Waals surface area contributed by atoms with Gasteiger partial charge in [0.15, 0.2) is 5.03 Å². The molecule has 1 aromatic rings. The van der Waals surface area contributed by atoms with Gasteiger partial charge in [-0.1, -0.05) is 11.6 Å². The zero-order valence-electron chi connectivity index (χ0n) is 6.80. The van der Waals surface area contributed by atoms with E-state index in [0.29, 0.717) is 6.07 Å². The summed E-state index contributed by atoms with van der Waals surface area (Å²) < 4.78 is 46.2. The monoisotopic (exact) mass is 277 g/mol. The van der Waals surface area contributed by atoms with Gasteiger partial charge in [0.1, 0.15) is 5.02 Å². The van der Waals surface area contributed by atoms with Gasteiger partial charge in [-0.15, -0.1) is 0 Å². The van der Waals surface area contributed by atoms with E-state index in [9.17, 15) is 22.0 Å². The number of hydrogen-bond acceptors (Lipinski definition) is 3. The number of aromatic nitrogens is 1. The van der Waals surface area contributed by atoms with Crippen LogP contribution < -0.4 is 5.56 Å². The maximum atomic E-state index is 12.3. The largest absolute Gasteiger partial charge is 0.311 e. The predicted octanol–water partition coefficient (Wildman–Crippen LogP) is 1.89. The summed E-state index contributed by atoms with van der Waals surface area (Å²) in [5.74, 6) is 0. The molecule has 0 bridgehead atoms. The Morgan fingerprint density at radius 1 is 1.40 bits per heavy atom. The van der Waals surface area contributed by atoms with E-state index < -0.39 is 36.6 Å². The lowest BCUT2D eigenvalue weighted by Crippen LogP contribution is -2.13. The molecule has 9 heteroatoms. The fourth-order valence-corrected chi connectivity index (χ4v) is 1.74. The summed E-state index contributed by atoms with van der Waals surface area (Å²) in [6, 6.07) is 0.525. The first-order valence-electron chi connectivity index (χ1n) is 3.39. The topological polar surface area (TPSA) is 67.0 Å². The molecule has 0 aliphatic carbocycles. The number of rotatable bonds is 2. The molecule has 0 unspecified atom stereocenters. The fourth-order valence-electron chi connectivity index (χ4n) is 0.829. The first-order chi connectivity index (χ1) is 6.73. The van der Waals surface area contributed by atoms with Crippen molar-refractivity contribution in [2.24, 2.45) is 0 Å². The number of aromatic amines is 1. The molecule has 0 saturated heterocycles. The van der Waals surface area contributed by atoms with Crippen LogP contribution in [-0.4, -0.2) is 13.4 Å². The zero-order chi connectivity index (χ0) is 11.8. The Hall–Kier alpha value is -0.660. The Labute approximate surface area is 92.2 Å². The minimum Gasteiger partial charge on any atom is -0.311 e. The van der Waals surface area contributed by atoms with E-state index in [0.717, 1.165) is 0 Å². The smallest absolute Gasteiger partial charge is 0.276 e. The lowest BCUT2D eigenvalue weighted by molar-refractivity contribution is 0.151. The summed E-state index contributed by atoms with van der Waals surface area (Å²) in [6.07, 6.45) is -3.06. The quantitative estimate of drug-likeness (QED) is 0.840. The van der Waals surface area contributed by atoms with Crippen molar-refractivity contribution >= 4 is 31.3 Å². The molecule has 0 spiro atoms. The van der Waals surface area contributed by atoms with Gasteiger partial charge < -0.3 is 4.98 Å². The third-order valence-corrected chi connectivity index (χ3v) is 3.11. The van der Waals surface area contributed by atoms with E-state index in [-0.39, 0.29) is 0 Å². The van der Waals surface area contributed by atoms with Gasteiger partial charge in [-0.3, -0.25) is 4.79 Å². The molecule has 0 aliphatic rings. The number of hydrogen-bond donors (Lipinski definition) is 1. The van der Waals surface area contributed by atoms with Crippen LogP contribution >= 0.6 is 22.3 Å². The van der Waals surface area contributed by atoms with Gasteiger partial charge in [0.25, 0.3) is 21.0 Å². The number of alkyl halides is 2. The minimum absolute atomic E-state index is 0.525. The van der Waals surface area contributed by atoms with Crippen LogP contribution in [0.25, 0.3) is 0 Å². The Morgan fingerprint density at radius 3 is 2.33 bits per heavy atom. The Kier molecular flexibility index (Phi) is 3.37. The van der Waals surface area contributed by atoms with Gasteiger partial charge in [0.2, 0.25) is 0 Å². The SMILES string of the molecule is O=c1[nH]c(S(=O)(=O)Cl)cc(C(F)F)c1Cl. The first kappa shape index (κ1) is 12.4. The van der Waals surface area contributed by atoms with Crippen LogP contribution in [0.1, 0.15) is 12.0 Å². The summed E-state index contributed by atoms with van der Waals surface area (Å²) in [5.41, 5.74) is -2.01. The van der Waals surface area contributed by atoms with Crippen molar-refractivity contribution in [1.29, 1.82) is 0 Å². The minimum atomic E-state index is -4.27. The van der Waals surface area contributed by atoms with Crippen LogP contribution in [0.15, 0.2) is 15.9 Å². The van der Waals surface area contributed by atoms with Crippen molar-refractivity contribution in [3.05, 3.63) is 27.0 Å². The first-order valence-corrected chi connectivity index (χ1v) is 6.07. The molecule has 0 fully saturated rings. The van der Waals surface area contributed by atoms with Crippen molar-refractivity contribution in [3.8, 4) is 0 Å². The van der Waals surface area contributed by atoms with Crippen molar-refractivity contribution in [3.63, 3.8) is 0 Å². The van der Waals surface area contributed by atoms with E-state index in [1.807, 2.05) is 0 Å². The average molecular weight is 278 g/mol. The highest BCUT2D eigenvalue weighted by molar-refractivity contribution is 8.13. The third kappa shape index (κ3) is 2.67. The Balaban J connectivity index is 3.58. The van der Waals surface area contributed by atoms with Crippen molar-refractivity contribution < 1.29 is 17.2 Å². The lowest BCUT2D eigenvalue weighted by atomic mass is 10.3. The standard InChI is InChI=1S/C6H3Cl2F2NO3S/c7-4-2(5(9)10)1-3(11-6(4)12)15(8,13)14/h1,5H,(H,11,12). The molecule has 15 heavy (non-hydrogen) atoms. The van der Waals surface area contributed by atoms with Gasteiger partial charge in [0, 0.05) is 16.2 Å². The van der Waals surface area contributed by atoms with E-state index in [1.54, 1.807) is 4.98 Å². The van der Waals surface area contributed by atoms with Crippen LogP contribution in [0.3, 0.4) is 0 Å². The van der Waals surface area contributed by atoms with E-state index in [1.165, 1.54) is 0 Å². The van der Waals surface area contributed by atoms with Crippen LogP contribution in [0.4, 0.5) is 8.78 Å². The van der Waals surface area contributed by atoms with Crippen LogP contribution in [-0.2, 0) is 9.05 Å². The number of halogens is 4. The molecule has 0 amide bonds. The van der Waals surface area contributed by atoms with E-state index >= 15 is 0 Å². The maximum absolute atomic E-state index is 12.3. The zero-order valence-corrected chi connectivity index (χ0v) is 9.13. The molecule has 0 radical (unpaired) electrons. The maximum Gasteiger partial charge on any atom is 0.276 e. The number of H-pyrrole nitrogens is 1.